The minimum absolute atomic E-state index is 0.465. The fourth-order valence-corrected chi connectivity index (χ4v) is 3.55. The van der Waals surface area contributed by atoms with Gasteiger partial charge in [-0.1, -0.05) is 6.42 Å². The van der Waals surface area contributed by atoms with Crippen molar-refractivity contribution >= 4 is 22.7 Å². The third-order valence-corrected chi connectivity index (χ3v) is 4.64. The van der Waals surface area contributed by atoms with E-state index in [0.717, 1.165) is 11.6 Å². The first-order valence-corrected chi connectivity index (χ1v) is 7.27. The van der Waals surface area contributed by atoms with Crippen LogP contribution in [0.5, 0.6) is 0 Å². The fourth-order valence-electron chi connectivity index (χ4n) is 1.99. The lowest BCUT2D eigenvalue weighted by molar-refractivity contribution is 0.407. The summed E-state index contributed by atoms with van der Waals surface area (Å²) in [6.45, 7) is 1.12. The van der Waals surface area contributed by atoms with Gasteiger partial charge in [0.2, 0.25) is 0 Å². The second-order valence-corrected chi connectivity index (χ2v) is 5.69. The zero-order valence-electron chi connectivity index (χ0n) is 8.85. The molecule has 0 bridgehead atoms. The molecule has 1 aliphatic heterocycles. The van der Waals surface area contributed by atoms with Crippen LogP contribution in [0.15, 0.2) is 17.1 Å². The van der Waals surface area contributed by atoms with Gasteiger partial charge in [0.1, 0.15) is 5.01 Å². The second-order valence-electron chi connectivity index (χ2n) is 3.95. The Morgan fingerprint density at radius 3 is 3.06 bits per heavy atom. The summed E-state index contributed by atoms with van der Waals surface area (Å²) < 4.78 is 0. The summed E-state index contributed by atoms with van der Waals surface area (Å²) in [5, 5.41) is 6.81. The maximum Gasteiger partial charge on any atom is 0.135 e. The lowest BCUT2D eigenvalue weighted by atomic mass is 10.0. The third kappa shape index (κ3) is 2.03. The smallest absolute Gasteiger partial charge is 0.135 e. The van der Waals surface area contributed by atoms with Crippen LogP contribution in [0.4, 0.5) is 0 Å². The van der Waals surface area contributed by atoms with E-state index in [-0.39, 0.29) is 0 Å². The number of nitrogens with one attached hydrogen (secondary N) is 1. The summed E-state index contributed by atoms with van der Waals surface area (Å²) in [6, 6.07) is 0.465. The van der Waals surface area contributed by atoms with E-state index in [0.29, 0.717) is 6.04 Å². The van der Waals surface area contributed by atoms with Crippen LogP contribution in [0, 0.1) is 0 Å². The minimum atomic E-state index is 0.465. The largest absolute Gasteiger partial charge is 0.309 e. The Morgan fingerprint density at radius 1 is 1.31 bits per heavy atom. The normalized spacial score (nSPS) is 21.1. The summed E-state index contributed by atoms with van der Waals surface area (Å²) in [6.07, 6.45) is 5.71. The van der Waals surface area contributed by atoms with Gasteiger partial charge in [-0.15, -0.1) is 22.7 Å². The van der Waals surface area contributed by atoms with Crippen LogP contribution in [0.3, 0.4) is 0 Å². The summed E-state index contributed by atoms with van der Waals surface area (Å²) >= 11 is 3.37. The molecule has 3 heterocycles. The highest BCUT2D eigenvalue weighted by molar-refractivity contribution is 7.19. The molecule has 0 saturated carbocycles. The van der Waals surface area contributed by atoms with E-state index in [4.69, 9.17) is 4.98 Å². The van der Waals surface area contributed by atoms with Crippen LogP contribution in [-0.2, 0) is 0 Å². The van der Waals surface area contributed by atoms with Crippen LogP contribution < -0.4 is 5.32 Å². The summed E-state index contributed by atoms with van der Waals surface area (Å²) in [4.78, 5) is 9.97. The average Bonchev–Trinajstić information content (AvgIpc) is 3.01. The van der Waals surface area contributed by atoms with E-state index >= 15 is 0 Å². The van der Waals surface area contributed by atoms with Crippen molar-refractivity contribution in [2.45, 2.75) is 25.3 Å². The van der Waals surface area contributed by atoms with Gasteiger partial charge >= 0.3 is 0 Å². The highest BCUT2D eigenvalue weighted by Gasteiger charge is 2.18. The molecule has 2 aromatic heterocycles. The van der Waals surface area contributed by atoms with Gasteiger partial charge in [-0.05, 0) is 19.4 Å². The minimum Gasteiger partial charge on any atom is -0.309 e. The number of hydrogen-bond donors (Lipinski definition) is 1. The third-order valence-electron chi connectivity index (χ3n) is 2.83. The molecule has 1 saturated heterocycles. The van der Waals surface area contributed by atoms with Gasteiger partial charge in [0.15, 0.2) is 0 Å². The number of nitrogens with zero attached hydrogens (tertiary/aromatic N) is 2. The molecule has 1 unspecified atom stereocenters. The Labute approximate surface area is 103 Å². The Kier molecular flexibility index (Phi) is 2.99. The van der Waals surface area contributed by atoms with Gasteiger partial charge in [-0.2, -0.15) is 0 Å². The second kappa shape index (κ2) is 4.61. The zero-order chi connectivity index (χ0) is 10.8. The van der Waals surface area contributed by atoms with Gasteiger partial charge in [0.25, 0.3) is 0 Å². The van der Waals surface area contributed by atoms with Gasteiger partial charge in [0.05, 0.1) is 22.1 Å². The van der Waals surface area contributed by atoms with Crippen molar-refractivity contribution in [3.8, 4) is 9.88 Å². The highest BCUT2D eigenvalue weighted by Crippen LogP contribution is 2.30. The fraction of sp³-hybridized carbons (Fsp3) is 0.455. The van der Waals surface area contributed by atoms with E-state index in [1.54, 1.807) is 22.7 Å². The van der Waals surface area contributed by atoms with Crippen molar-refractivity contribution in [3.05, 3.63) is 22.8 Å². The van der Waals surface area contributed by atoms with E-state index in [9.17, 15) is 0 Å². The molecule has 0 spiro atoms. The first kappa shape index (κ1) is 10.4. The Morgan fingerprint density at radius 2 is 2.31 bits per heavy atom. The zero-order valence-corrected chi connectivity index (χ0v) is 10.5. The molecule has 1 atom stereocenters. The van der Waals surface area contributed by atoms with E-state index in [1.165, 1.54) is 29.8 Å². The van der Waals surface area contributed by atoms with Crippen LogP contribution >= 0.6 is 22.7 Å². The Balaban J connectivity index is 1.82. The molecule has 0 amide bonds. The van der Waals surface area contributed by atoms with Crippen LogP contribution in [0.1, 0.15) is 31.0 Å². The van der Waals surface area contributed by atoms with Crippen molar-refractivity contribution in [1.82, 2.24) is 15.3 Å². The molecular formula is C11H13N3S2. The standard InChI is InChI=1S/C11H13N3S2/c1-2-4-13-8(3-1)9-6-15-11(14-9)10-5-12-7-16-10/h5-8,13H,1-4H2. The van der Waals surface area contributed by atoms with Crippen molar-refractivity contribution in [1.29, 1.82) is 0 Å². The molecule has 0 aromatic carbocycles. The predicted molar refractivity (Wildman–Crippen MR) is 67.8 cm³/mol. The average molecular weight is 251 g/mol. The first-order chi connectivity index (χ1) is 7.93. The molecule has 0 aliphatic carbocycles. The first-order valence-electron chi connectivity index (χ1n) is 5.51. The number of rotatable bonds is 2. The van der Waals surface area contributed by atoms with Gasteiger partial charge in [-0.25, -0.2) is 4.98 Å². The SMILES string of the molecule is c1ncc(-c2nc(C3CCCCN3)cs2)s1. The predicted octanol–water partition coefficient (Wildman–Crippen LogP) is 3.08. The van der Waals surface area contributed by atoms with Crippen LogP contribution in [-0.4, -0.2) is 16.5 Å². The molecule has 1 N–H and O–H groups in total. The number of thiazole rings is 2. The van der Waals surface area contributed by atoms with Crippen molar-refractivity contribution in [2.24, 2.45) is 0 Å². The topological polar surface area (TPSA) is 37.8 Å². The summed E-state index contributed by atoms with van der Waals surface area (Å²) in [5.74, 6) is 0. The molecule has 2 aromatic rings. The molecule has 0 radical (unpaired) electrons. The molecule has 1 fully saturated rings. The van der Waals surface area contributed by atoms with Crippen LogP contribution in [0.25, 0.3) is 9.88 Å². The Hall–Kier alpha value is -0.780. The number of piperidine rings is 1. The highest BCUT2D eigenvalue weighted by atomic mass is 32.1. The maximum absolute atomic E-state index is 4.70. The molecule has 16 heavy (non-hydrogen) atoms. The van der Waals surface area contributed by atoms with E-state index in [1.807, 2.05) is 11.7 Å². The maximum atomic E-state index is 4.70. The van der Waals surface area contributed by atoms with Gasteiger partial charge in [-0.3, -0.25) is 4.98 Å². The lowest BCUT2D eigenvalue weighted by Crippen LogP contribution is -2.26. The van der Waals surface area contributed by atoms with Crippen LogP contribution in [0.2, 0.25) is 0 Å². The molecule has 3 rings (SSSR count). The van der Waals surface area contributed by atoms with Crippen molar-refractivity contribution in [2.75, 3.05) is 6.54 Å². The monoisotopic (exact) mass is 251 g/mol. The molecule has 3 nitrogen and oxygen atoms in total. The molecule has 5 heteroatoms. The van der Waals surface area contributed by atoms with Gasteiger partial charge in [0, 0.05) is 11.6 Å². The number of aromatic nitrogens is 2. The van der Waals surface area contributed by atoms with E-state index < -0.39 is 0 Å². The lowest BCUT2D eigenvalue weighted by Gasteiger charge is -2.21. The molecule has 1 aliphatic rings. The van der Waals surface area contributed by atoms with Crippen molar-refractivity contribution < 1.29 is 0 Å². The summed E-state index contributed by atoms with van der Waals surface area (Å²) in [5.41, 5.74) is 3.06. The molecule has 84 valence electrons. The number of hydrogen-bond acceptors (Lipinski definition) is 5. The Bertz CT molecular complexity index is 444. The van der Waals surface area contributed by atoms with Crippen molar-refractivity contribution in [3.63, 3.8) is 0 Å². The quantitative estimate of drug-likeness (QED) is 0.891. The summed E-state index contributed by atoms with van der Waals surface area (Å²) in [7, 11) is 0. The van der Waals surface area contributed by atoms with Gasteiger partial charge < -0.3 is 5.32 Å². The van der Waals surface area contributed by atoms with E-state index in [2.05, 4.69) is 15.7 Å². The molecular weight excluding hydrogens is 238 g/mol.